The van der Waals surface area contributed by atoms with Crippen LogP contribution in [-0.2, 0) is 9.53 Å². The molecule has 0 radical (unpaired) electrons. The molecule has 17 heavy (non-hydrogen) atoms. The highest BCUT2D eigenvalue weighted by Gasteiger charge is 2.20. The highest BCUT2D eigenvalue weighted by atomic mass is 35.5. The van der Waals surface area contributed by atoms with E-state index >= 15 is 0 Å². The Bertz CT molecular complexity index is 207. The molecule has 1 fully saturated rings. The van der Waals surface area contributed by atoms with E-state index in [1.807, 2.05) is 14.0 Å². The van der Waals surface area contributed by atoms with Gasteiger partial charge in [-0.1, -0.05) is 0 Å². The summed E-state index contributed by atoms with van der Waals surface area (Å²) in [5, 5.41) is 3.19. The number of hydrogen-bond acceptors (Lipinski definition) is 4. The predicted molar refractivity (Wildman–Crippen MR) is 71.6 cm³/mol. The van der Waals surface area contributed by atoms with Crippen LogP contribution in [0.5, 0.6) is 0 Å². The van der Waals surface area contributed by atoms with E-state index in [-0.39, 0.29) is 18.4 Å². The summed E-state index contributed by atoms with van der Waals surface area (Å²) in [5.74, 6) is 0.738. The lowest BCUT2D eigenvalue weighted by Gasteiger charge is -2.31. The van der Waals surface area contributed by atoms with Crippen molar-refractivity contribution in [3.05, 3.63) is 0 Å². The van der Waals surface area contributed by atoms with Crippen LogP contribution in [0.15, 0.2) is 0 Å². The van der Waals surface area contributed by atoms with Gasteiger partial charge in [-0.25, -0.2) is 0 Å². The summed E-state index contributed by atoms with van der Waals surface area (Å²) in [6.45, 7) is 5.97. The largest absolute Gasteiger partial charge is 0.465 e. The second-order valence-electron chi connectivity index (χ2n) is 4.42. The minimum Gasteiger partial charge on any atom is -0.465 e. The van der Waals surface area contributed by atoms with Gasteiger partial charge < -0.3 is 10.1 Å². The van der Waals surface area contributed by atoms with Crippen LogP contribution in [0.1, 0.15) is 26.2 Å². The third kappa shape index (κ3) is 6.86. The Kier molecular flexibility index (Phi) is 9.50. The monoisotopic (exact) mass is 264 g/mol. The molecule has 0 amide bonds. The van der Waals surface area contributed by atoms with Gasteiger partial charge in [0.05, 0.1) is 13.2 Å². The maximum absolute atomic E-state index is 11.3. The normalized spacial score (nSPS) is 17.5. The van der Waals surface area contributed by atoms with Gasteiger partial charge in [0.15, 0.2) is 0 Å². The molecule has 0 unspecified atom stereocenters. The van der Waals surface area contributed by atoms with Crippen LogP contribution in [0.25, 0.3) is 0 Å². The maximum Gasteiger partial charge on any atom is 0.320 e. The Morgan fingerprint density at radius 2 is 2.06 bits per heavy atom. The van der Waals surface area contributed by atoms with Crippen molar-refractivity contribution >= 4 is 18.4 Å². The van der Waals surface area contributed by atoms with E-state index < -0.39 is 0 Å². The quantitative estimate of drug-likeness (QED) is 0.734. The second kappa shape index (κ2) is 9.68. The number of likely N-dealkylation sites (tertiary alicyclic amines) is 1. The van der Waals surface area contributed by atoms with Gasteiger partial charge in [-0.05, 0) is 58.8 Å². The second-order valence-corrected chi connectivity index (χ2v) is 4.42. The van der Waals surface area contributed by atoms with Crippen LogP contribution in [0.2, 0.25) is 0 Å². The zero-order chi connectivity index (χ0) is 11.8. The summed E-state index contributed by atoms with van der Waals surface area (Å²) < 4.78 is 4.95. The summed E-state index contributed by atoms with van der Waals surface area (Å²) >= 11 is 0. The summed E-state index contributed by atoms with van der Waals surface area (Å²) in [6.07, 6.45) is 3.67. The number of nitrogens with zero attached hydrogens (tertiary/aromatic N) is 1. The van der Waals surface area contributed by atoms with E-state index in [9.17, 15) is 4.79 Å². The lowest BCUT2D eigenvalue weighted by Crippen LogP contribution is -2.38. The van der Waals surface area contributed by atoms with Crippen LogP contribution < -0.4 is 5.32 Å². The first-order valence-corrected chi connectivity index (χ1v) is 6.28. The molecule has 0 atom stereocenters. The van der Waals surface area contributed by atoms with Crippen molar-refractivity contribution in [2.45, 2.75) is 26.2 Å². The molecule has 5 heteroatoms. The molecule has 0 spiro atoms. The highest BCUT2D eigenvalue weighted by molar-refractivity contribution is 5.85. The number of carbonyl (C=O) groups is 1. The molecule has 0 aliphatic carbocycles. The van der Waals surface area contributed by atoms with Crippen LogP contribution in [0.4, 0.5) is 0 Å². The zero-order valence-electron chi connectivity index (χ0n) is 10.9. The van der Waals surface area contributed by atoms with E-state index in [1.165, 1.54) is 19.3 Å². The zero-order valence-corrected chi connectivity index (χ0v) is 11.7. The Morgan fingerprint density at radius 1 is 1.41 bits per heavy atom. The van der Waals surface area contributed by atoms with Crippen molar-refractivity contribution in [1.29, 1.82) is 0 Å². The summed E-state index contributed by atoms with van der Waals surface area (Å²) in [7, 11) is 2.00. The van der Waals surface area contributed by atoms with Crippen LogP contribution in [0.3, 0.4) is 0 Å². The molecule has 4 nitrogen and oxygen atoms in total. The molecule has 1 aliphatic heterocycles. The summed E-state index contributed by atoms with van der Waals surface area (Å²) in [5.41, 5.74) is 0. The van der Waals surface area contributed by atoms with E-state index in [2.05, 4.69) is 10.2 Å². The topological polar surface area (TPSA) is 41.6 Å². The van der Waals surface area contributed by atoms with Gasteiger partial charge in [0.2, 0.25) is 0 Å². The Balaban J connectivity index is 0.00000256. The number of rotatable bonds is 6. The number of ether oxygens (including phenoxy) is 1. The highest BCUT2D eigenvalue weighted by Crippen LogP contribution is 2.19. The maximum atomic E-state index is 11.3. The predicted octanol–water partition coefficient (Wildman–Crippen LogP) is 1.29. The molecule has 1 aliphatic rings. The van der Waals surface area contributed by atoms with Gasteiger partial charge in [0.25, 0.3) is 0 Å². The average Bonchev–Trinajstić information content (AvgIpc) is 2.28. The molecule has 1 N–H and O–H groups in total. The molecular weight excluding hydrogens is 240 g/mol. The van der Waals surface area contributed by atoms with E-state index in [1.54, 1.807) is 0 Å². The summed E-state index contributed by atoms with van der Waals surface area (Å²) in [4.78, 5) is 13.5. The van der Waals surface area contributed by atoms with Crippen molar-refractivity contribution < 1.29 is 9.53 Å². The van der Waals surface area contributed by atoms with Gasteiger partial charge in [0, 0.05) is 0 Å². The molecule has 0 aromatic carbocycles. The molecule has 102 valence electrons. The van der Waals surface area contributed by atoms with Gasteiger partial charge in [-0.3, -0.25) is 9.69 Å². The number of halogens is 1. The fraction of sp³-hybridized carbons (Fsp3) is 0.917. The molecule has 1 heterocycles. The molecule has 0 bridgehead atoms. The standard InChI is InChI=1S/C12H24N2O2.ClH/c1-3-16-12(15)10-14-8-5-11(6-9-14)4-7-13-2;/h11,13H,3-10H2,1-2H3;1H. The van der Waals surface area contributed by atoms with Crippen molar-refractivity contribution in [3.63, 3.8) is 0 Å². The Morgan fingerprint density at radius 3 is 2.59 bits per heavy atom. The molecule has 0 aromatic heterocycles. The number of esters is 1. The Hall–Kier alpha value is -0.320. The van der Waals surface area contributed by atoms with Crippen molar-refractivity contribution in [2.24, 2.45) is 5.92 Å². The van der Waals surface area contributed by atoms with Crippen molar-refractivity contribution in [3.8, 4) is 0 Å². The number of carbonyl (C=O) groups excluding carboxylic acids is 1. The van der Waals surface area contributed by atoms with Crippen molar-refractivity contribution in [1.82, 2.24) is 10.2 Å². The van der Waals surface area contributed by atoms with Crippen LogP contribution >= 0.6 is 12.4 Å². The van der Waals surface area contributed by atoms with E-state index in [0.29, 0.717) is 13.2 Å². The van der Waals surface area contributed by atoms with Gasteiger partial charge in [-0.2, -0.15) is 0 Å². The molecule has 0 aromatic rings. The minimum atomic E-state index is -0.0869. The third-order valence-corrected chi connectivity index (χ3v) is 3.17. The molecule has 1 saturated heterocycles. The minimum absolute atomic E-state index is 0. The van der Waals surface area contributed by atoms with E-state index in [0.717, 1.165) is 25.6 Å². The third-order valence-electron chi connectivity index (χ3n) is 3.17. The number of nitrogens with one attached hydrogen (secondary N) is 1. The van der Waals surface area contributed by atoms with Gasteiger partial charge in [0.1, 0.15) is 0 Å². The Labute approximate surface area is 110 Å². The van der Waals surface area contributed by atoms with E-state index in [4.69, 9.17) is 4.74 Å². The SMILES string of the molecule is CCOC(=O)CN1CCC(CCNC)CC1.Cl. The number of hydrogen-bond donors (Lipinski definition) is 1. The average molecular weight is 265 g/mol. The first-order chi connectivity index (χ1) is 7.76. The fourth-order valence-electron chi connectivity index (χ4n) is 2.17. The first-order valence-electron chi connectivity index (χ1n) is 6.28. The smallest absolute Gasteiger partial charge is 0.320 e. The van der Waals surface area contributed by atoms with Gasteiger partial charge in [-0.15, -0.1) is 12.4 Å². The van der Waals surface area contributed by atoms with Crippen LogP contribution in [-0.4, -0.2) is 50.7 Å². The molecule has 1 rings (SSSR count). The lowest BCUT2D eigenvalue weighted by atomic mass is 9.93. The van der Waals surface area contributed by atoms with Crippen molar-refractivity contribution in [2.75, 3.05) is 39.8 Å². The molecule has 0 saturated carbocycles. The summed E-state index contributed by atoms with van der Waals surface area (Å²) in [6, 6.07) is 0. The first kappa shape index (κ1) is 16.7. The fourth-order valence-corrected chi connectivity index (χ4v) is 2.17. The lowest BCUT2D eigenvalue weighted by molar-refractivity contribution is -0.144. The van der Waals surface area contributed by atoms with Crippen LogP contribution in [0, 0.1) is 5.92 Å². The number of piperidine rings is 1. The van der Waals surface area contributed by atoms with Gasteiger partial charge >= 0.3 is 5.97 Å². The molecular formula is C12H25ClN2O2.